The van der Waals surface area contributed by atoms with Gasteiger partial charge in [0.2, 0.25) is 0 Å². The molecule has 2 unspecified atom stereocenters. The summed E-state index contributed by atoms with van der Waals surface area (Å²) in [7, 11) is 0. The average molecular weight is 230 g/mol. The van der Waals surface area contributed by atoms with Gasteiger partial charge in [-0.25, -0.2) is 4.79 Å². The van der Waals surface area contributed by atoms with Gasteiger partial charge < -0.3 is 20.5 Å². The Labute approximate surface area is 96.6 Å². The summed E-state index contributed by atoms with van der Waals surface area (Å²) in [6, 6.07) is -0.221. The van der Waals surface area contributed by atoms with Crippen LogP contribution >= 0.6 is 0 Å². The molecule has 1 heterocycles. The molecule has 1 fully saturated rings. The third-order valence-corrected chi connectivity index (χ3v) is 3.03. The number of carbonyl (C=O) groups is 1. The van der Waals surface area contributed by atoms with Crippen LogP contribution in [0.3, 0.4) is 0 Å². The summed E-state index contributed by atoms with van der Waals surface area (Å²) in [5.74, 6) is 0. The lowest BCUT2D eigenvalue weighted by molar-refractivity contribution is -0.0243. The highest BCUT2D eigenvalue weighted by Gasteiger charge is 2.39. The first kappa shape index (κ1) is 13.3. The standard InChI is InChI=1S/C11H22N2O3/c1-3-4-6-12-10(14)13-8-11(15)5-7-16-9(11)2/h9,15H,3-8H2,1-2H3,(H2,12,13,14). The summed E-state index contributed by atoms with van der Waals surface area (Å²) in [6.07, 6.45) is 2.37. The molecule has 1 aliphatic heterocycles. The molecule has 5 nitrogen and oxygen atoms in total. The maximum absolute atomic E-state index is 11.3. The van der Waals surface area contributed by atoms with Crippen molar-refractivity contribution in [3.63, 3.8) is 0 Å². The third kappa shape index (κ3) is 3.64. The first-order valence-corrected chi connectivity index (χ1v) is 5.94. The van der Waals surface area contributed by atoms with Gasteiger partial charge in [0.05, 0.1) is 12.6 Å². The molecule has 0 aromatic rings. The molecule has 5 heteroatoms. The summed E-state index contributed by atoms with van der Waals surface area (Å²) in [4.78, 5) is 11.3. The molecule has 94 valence electrons. The molecule has 0 spiro atoms. The monoisotopic (exact) mass is 230 g/mol. The second-order valence-electron chi connectivity index (χ2n) is 4.33. The zero-order valence-corrected chi connectivity index (χ0v) is 10.1. The highest BCUT2D eigenvalue weighted by Crippen LogP contribution is 2.24. The fourth-order valence-corrected chi connectivity index (χ4v) is 1.68. The van der Waals surface area contributed by atoms with E-state index in [1.54, 1.807) is 0 Å². The van der Waals surface area contributed by atoms with Gasteiger partial charge in [-0.15, -0.1) is 0 Å². The van der Waals surface area contributed by atoms with Gasteiger partial charge in [0.15, 0.2) is 0 Å². The number of aliphatic hydroxyl groups is 1. The maximum Gasteiger partial charge on any atom is 0.314 e. The number of carbonyl (C=O) groups excluding carboxylic acids is 1. The van der Waals surface area contributed by atoms with Crippen molar-refractivity contribution in [2.24, 2.45) is 0 Å². The van der Waals surface area contributed by atoms with E-state index in [1.807, 2.05) is 6.92 Å². The van der Waals surface area contributed by atoms with Crippen molar-refractivity contribution in [3.05, 3.63) is 0 Å². The SMILES string of the molecule is CCCCNC(=O)NCC1(O)CCOC1C. The molecule has 0 aromatic heterocycles. The molecule has 0 aromatic carbocycles. The summed E-state index contributed by atoms with van der Waals surface area (Å²) in [5.41, 5.74) is -0.915. The van der Waals surface area contributed by atoms with Crippen LogP contribution in [0.4, 0.5) is 4.79 Å². The van der Waals surface area contributed by atoms with Gasteiger partial charge in [-0.05, 0) is 13.3 Å². The molecular formula is C11H22N2O3. The van der Waals surface area contributed by atoms with Crippen molar-refractivity contribution in [1.82, 2.24) is 10.6 Å². The molecule has 0 radical (unpaired) electrons. The van der Waals surface area contributed by atoms with Gasteiger partial charge in [-0.2, -0.15) is 0 Å². The zero-order chi connectivity index (χ0) is 12.0. The van der Waals surface area contributed by atoms with Crippen molar-refractivity contribution < 1.29 is 14.6 Å². The van der Waals surface area contributed by atoms with Crippen LogP contribution in [0.1, 0.15) is 33.1 Å². The van der Waals surface area contributed by atoms with Crippen molar-refractivity contribution in [1.29, 1.82) is 0 Å². The van der Waals surface area contributed by atoms with Gasteiger partial charge in [-0.3, -0.25) is 0 Å². The van der Waals surface area contributed by atoms with Crippen molar-refractivity contribution in [2.45, 2.75) is 44.8 Å². The van der Waals surface area contributed by atoms with E-state index in [0.29, 0.717) is 19.6 Å². The number of ether oxygens (including phenoxy) is 1. The van der Waals surface area contributed by atoms with Gasteiger partial charge in [0, 0.05) is 19.6 Å². The number of hydrogen-bond donors (Lipinski definition) is 3. The van der Waals surface area contributed by atoms with E-state index in [1.165, 1.54) is 0 Å². The Bertz CT molecular complexity index is 235. The minimum absolute atomic E-state index is 0.219. The van der Waals surface area contributed by atoms with E-state index < -0.39 is 5.60 Å². The first-order chi connectivity index (χ1) is 7.58. The van der Waals surface area contributed by atoms with Crippen LogP contribution in [-0.4, -0.2) is 42.5 Å². The zero-order valence-electron chi connectivity index (χ0n) is 10.1. The quantitative estimate of drug-likeness (QED) is 0.607. The Balaban J connectivity index is 2.20. The molecule has 2 amide bonds. The molecule has 1 aliphatic rings. The van der Waals surface area contributed by atoms with E-state index in [-0.39, 0.29) is 18.7 Å². The highest BCUT2D eigenvalue weighted by molar-refractivity contribution is 5.73. The normalized spacial score (nSPS) is 29.1. The van der Waals surface area contributed by atoms with Crippen LogP contribution in [0.2, 0.25) is 0 Å². The predicted octanol–water partition coefficient (Wildman–Crippen LogP) is 0.626. The largest absolute Gasteiger partial charge is 0.385 e. The average Bonchev–Trinajstić information content (AvgIpc) is 2.58. The maximum atomic E-state index is 11.3. The molecule has 1 saturated heterocycles. The number of unbranched alkanes of at least 4 members (excludes halogenated alkanes) is 1. The summed E-state index contributed by atoms with van der Waals surface area (Å²) in [5, 5.41) is 15.5. The predicted molar refractivity (Wildman–Crippen MR) is 61.3 cm³/mol. The van der Waals surface area contributed by atoms with Crippen LogP contribution in [0.15, 0.2) is 0 Å². The Hall–Kier alpha value is -0.810. The third-order valence-electron chi connectivity index (χ3n) is 3.03. The van der Waals surface area contributed by atoms with Crippen LogP contribution in [0.25, 0.3) is 0 Å². The van der Waals surface area contributed by atoms with Crippen LogP contribution in [0.5, 0.6) is 0 Å². The molecule has 2 atom stereocenters. The Morgan fingerprint density at radius 3 is 2.88 bits per heavy atom. The van der Waals surface area contributed by atoms with E-state index in [4.69, 9.17) is 4.74 Å². The topological polar surface area (TPSA) is 70.6 Å². The fraction of sp³-hybridized carbons (Fsp3) is 0.909. The fourth-order valence-electron chi connectivity index (χ4n) is 1.68. The lowest BCUT2D eigenvalue weighted by Crippen LogP contribution is -2.49. The van der Waals surface area contributed by atoms with Crippen molar-refractivity contribution >= 4 is 6.03 Å². The van der Waals surface area contributed by atoms with E-state index in [0.717, 1.165) is 12.8 Å². The summed E-state index contributed by atoms with van der Waals surface area (Å²) < 4.78 is 5.28. The van der Waals surface area contributed by atoms with Crippen molar-refractivity contribution in [3.8, 4) is 0 Å². The van der Waals surface area contributed by atoms with Crippen LogP contribution in [-0.2, 0) is 4.74 Å². The van der Waals surface area contributed by atoms with Gasteiger partial charge >= 0.3 is 6.03 Å². The van der Waals surface area contributed by atoms with Crippen LogP contribution in [0, 0.1) is 0 Å². The number of urea groups is 1. The number of rotatable bonds is 5. The summed E-state index contributed by atoms with van der Waals surface area (Å²) >= 11 is 0. The summed E-state index contributed by atoms with van der Waals surface area (Å²) in [6.45, 7) is 5.36. The lowest BCUT2D eigenvalue weighted by atomic mass is 9.97. The second-order valence-corrected chi connectivity index (χ2v) is 4.33. The van der Waals surface area contributed by atoms with Crippen molar-refractivity contribution in [2.75, 3.05) is 19.7 Å². The van der Waals surface area contributed by atoms with Gasteiger partial charge in [0.1, 0.15) is 5.60 Å². The van der Waals surface area contributed by atoms with E-state index >= 15 is 0 Å². The molecule has 0 saturated carbocycles. The van der Waals surface area contributed by atoms with Gasteiger partial charge in [0.25, 0.3) is 0 Å². The minimum Gasteiger partial charge on any atom is -0.385 e. The molecule has 1 rings (SSSR count). The molecule has 0 bridgehead atoms. The molecule has 0 aliphatic carbocycles. The first-order valence-electron chi connectivity index (χ1n) is 5.94. The Morgan fingerprint density at radius 1 is 1.56 bits per heavy atom. The molecule has 3 N–H and O–H groups in total. The highest BCUT2D eigenvalue weighted by atomic mass is 16.5. The smallest absolute Gasteiger partial charge is 0.314 e. The van der Waals surface area contributed by atoms with Crippen LogP contribution < -0.4 is 10.6 Å². The van der Waals surface area contributed by atoms with Gasteiger partial charge in [-0.1, -0.05) is 13.3 Å². The number of hydrogen-bond acceptors (Lipinski definition) is 3. The lowest BCUT2D eigenvalue weighted by Gasteiger charge is -2.26. The number of amides is 2. The second kappa shape index (κ2) is 6.06. The number of nitrogens with one attached hydrogen (secondary N) is 2. The van der Waals surface area contributed by atoms with E-state index in [9.17, 15) is 9.90 Å². The molecule has 16 heavy (non-hydrogen) atoms. The van der Waals surface area contributed by atoms with E-state index in [2.05, 4.69) is 17.6 Å². The minimum atomic E-state index is -0.915. The molecular weight excluding hydrogens is 208 g/mol. The Kier molecular flexibility index (Phi) is 5.02. The Morgan fingerprint density at radius 2 is 2.31 bits per heavy atom.